The summed E-state index contributed by atoms with van der Waals surface area (Å²) in [5.74, 6) is -2.56. The Balaban J connectivity index is 3.94. The molecule has 0 unspecified atom stereocenters. The van der Waals surface area contributed by atoms with Crippen molar-refractivity contribution in [1.29, 1.82) is 0 Å². The molecule has 0 spiro atoms. The molecule has 5 N–H and O–H groups in total. The molecular weight excluding hydrogens is 270 g/mol. The van der Waals surface area contributed by atoms with Crippen molar-refractivity contribution in [3.8, 4) is 0 Å². The Morgan fingerprint density at radius 1 is 1.30 bits per heavy atom. The molecule has 0 aromatic carbocycles. The summed E-state index contributed by atoms with van der Waals surface area (Å²) in [6.07, 6.45) is 0.0170. The molecule has 9 nitrogen and oxygen atoms in total. The van der Waals surface area contributed by atoms with E-state index in [1.165, 1.54) is 0 Å². The van der Waals surface area contributed by atoms with E-state index in [0.717, 1.165) is 0 Å². The average molecular weight is 289 g/mol. The van der Waals surface area contributed by atoms with Gasteiger partial charge in [-0.05, 0) is 13.3 Å². The molecule has 0 aliphatic rings. The summed E-state index contributed by atoms with van der Waals surface area (Å²) in [4.78, 5) is 43.7. The predicted octanol–water partition coefficient (Wildman–Crippen LogP) is -1.04. The molecule has 0 aliphatic heterocycles. The molecule has 114 valence electrons. The first kappa shape index (κ1) is 17.7. The molecule has 1 atom stereocenters. The van der Waals surface area contributed by atoms with Crippen molar-refractivity contribution in [1.82, 2.24) is 10.6 Å². The monoisotopic (exact) mass is 289 g/mol. The van der Waals surface area contributed by atoms with Gasteiger partial charge in [0.25, 0.3) is 0 Å². The van der Waals surface area contributed by atoms with E-state index in [2.05, 4.69) is 10.6 Å². The summed E-state index contributed by atoms with van der Waals surface area (Å²) in [6, 6.07) is -2.12. The van der Waals surface area contributed by atoms with Gasteiger partial charge in [0.2, 0.25) is 5.91 Å². The third-order valence-electron chi connectivity index (χ3n) is 2.16. The Labute approximate surface area is 115 Å². The van der Waals surface area contributed by atoms with E-state index in [-0.39, 0.29) is 18.9 Å². The standard InChI is InChI=1S/C11H19N3O6/c1-2-20-9(16)4-3-5-13-11(19)14-7(10(17)18)6-8(12)15/h7H,2-6H2,1H3,(H2,12,15)(H,17,18)(H2,13,14,19)/t7-/m1/s1. The van der Waals surface area contributed by atoms with Crippen LogP contribution >= 0.6 is 0 Å². The van der Waals surface area contributed by atoms with Crippen molar-refractivity contribution in [3.05, 3.63) is 0 Å². The third-order valence-corrected chi connectivity index (χ3v) is 2.16. The number of carboxylic acid groups (broad SMARTS) is 1. The zero-order chi connectivity index (χ0) is 15.5. The SMILES string of the molecule is CCOC(=O)CCCNC(=O)N[C@H](CC(N)=O)C(=O)O. The highest BCUT2D eigenvalue weighted by atomic mass is 16.5. The van der Waals surface area contributed by atoms with E-state index in [1.54, 1.807) is 6.92 Å². The summed E-state index contributed by atoms with van der Waals surface area (Å²) in [5, 5.41) is 13.2. The normalized spacial score (nSPS) is 11.2. The third kappa shape index (κ3) is 8.72. The number of amides is 3. The number of ether oxygens (including phenoxy) is 1. The second-order valence-electron chi connectivity index (χ2n) is 3.87. The maximum Gasteiger partial charge on any atom is 0.326 e. The summed E-state index contributed by atoms with van der Waals surface area (Å²) in [5.41, 5.74) is 4.86. The van der Waals surface area contributed by atoms with Gasteiger partial charge in [0.05, 0.1) is 13.0 Å². The predicted molar refractivity (Wildman–Crippen MR) is 67.6 cm³/mol. The molecular formula is C11H19N3O6. The van der Waals surface area contributed by atoms with Crippen LogP contribution in [0.2, 0.25) is 0 Å². The van der Waals surface area contributed by atoms with Gasteiger partial charge < -0.3 is 26.2 Å². The molecule has 0 heterocycles. The van der Waals surface area contributed by atoms with Gasteiger partial charge in [0.15, 0.2) is 0 Å². The number of carbonyl (C=O) groups excluding carboxylic acids is 3. The topological polar surface area (TPSA) is 148 Å². The van der Waals surface area contributed by atoms with Crippen molar-refractivity contribution in [2.45, 2.75) is 32.2 Å². The van der Waals surface area contributed by atoms with Crippen LogP contribution in [0.5, 0.6) is 0 Å². The number of hydrogen-bond acceptors (Lipinski definition) is 5. The highest BCUT2D eigenvalue weighted by Crippen LogP contribution is 1.93. The highest BCUT2D eigenvalue weighted by Gasteiger charge is 2.21. The lowest BCUT2D eigenvalue weighted by molar-refractivity contribution is -0.143. The van der Waals surface area contributed by atoms with Crippen LogP contribution in [0.1, 0.15) is 26.2 Å². The minimum Gasteiger partial charge on any atom is -0.480 e. The first-order valence-corrected chi connectivity index (χ1v) is 6.07. The number of nitrogens with one attached hydrogen (secondary N) is 2. The summed E-state index contributed by atoms with van der Waals surface area (Å²) in [7, 11) is 0. The maximum absolute atomic E-state index is 11.4. The van der Waals surface area contributed by atoms with Crippen molar-refractivity contribution < 1.29 is 29.0 Å². The van der Waals surface area contributed by atoms with E-state index in [0.29, 0.717) is 13.0 Å². The van der Waals surface area contributed by atoms with Crippen LogP contribution in [0.15, 0.2) is 0 Å². The van der Waals surface area contributed by atoms with Crippen LogP contribution in [-0.4, -0.2) is 48.2 Å². The lowest BCUT2D eigenvalue weighted by atomic mass is 10.2. The molecule has 0 rings (SSSR count). The minimum atomic E-state index is -1.38. The van der Waals surface area contributed by atoms with Crippen molar-refractivity contribution >= 4 is 23.9 Å². The van der Waals surface area contributed by atoms with Crippen LogP contribution in [0, 0.1) is 0 Å². The van der Waals surface area contributed by atoms with E-state index in [9.17, 15) is 19.2 Å². The Morgan fingerprint density at radius 3 is 2.45 bits per heavy atom. The minimum absolute atomic E-state index is 0.151. The van der Waals surface area contributed by atoms with Gasteiger partial charge in [-0.3, -0.25) is 9.59 Å². The van der Waals surface area contributed by atoms with E-state index >= 15 is 0 Å². The molecule has 0 saturated carbocycles. The van der Waals surface area contributed by atoms with E-state index in [4.69, 9.17) is 15.6 Å². The first-order chi connectivity index (χ1) is 9.36. The number of esters is 1. The Morgan fingerprint density at radius 2 is 1.95 bits per heavy atom. The molecule has 9 heteroatoms. The van der Waals surface area contributed by atoms with Crippen LogP contribution in [0.3, 0.4) is 0 Å². The molecule has 3 amide bonds. The molecule has 20 heavy (non-hydrogen) atoms. The second kappa shape index (κ2) is 9.59. The number of primary amides is 1. The van der Waals surface area contributed by atoms with E-state index in [1.807, 2.05) is 0 Å². The number of rotatable bonds is 9. The second-order valence-corrected chi connectivity index (χ2v) is 3.87. The number of carbonyl (C=O) groups is 4. The van der Waals surface area contributed by atoms with Gasteiger partial charge in [0.1, 0.15) is 6.04 Å². The fourth-order valence-corrected chi connectivity index (χ4v) is 1.28. The molecule has 0 fully saturated rings. The Kier molecular flexibility index (Phi) is 8.48. The number of carboxylic acids is 1. The largest absolute Gasteiger partial charge is 0.480 e. The van der Waals surface area contributed by atoms with Crippen LogP contribution in [-0.2, 0) is 19.1 Å². The number of urea groups is 1. The van der Waals surface area contributed by atoms with Crippen molar-refractivity contribution in [3.63, 3.8) is 0 Å². The van der Waals surface area contributed by atoms with Gasteiger partial charge in [-0.1, -0.05) is 0 Å². The molecule has 0 saturated heterocycles. The van der Waals surface area contributed by atoms with Gasteiger partial charge in [-0.25, -0.2) is 9.59 Å². The maximum atomic E-state index is 11.4. The molecule has 0 aromatic heterocycles. The Bertz CT molecular complexity index is 371. The lowest BCUT2D eigenvalue weighted by Crippen LogP contribution is -2.47. The Hall–Kier alpha value is -2.32. The van der Waals surface area contributed by atoms with E-state index < -0.39 is 30.4 Å². The van der Waals surface area contributed by atoms with Gasteiger partial charge >= 0.3 is 18.0 Å². The number of nitrogens with two attached hydrogens (primary N) is 1. The van der Waals surface area contributed by atoms with Gasteiger partial charge in [-0.15, -0.1) is 0 Å². The van der Waals surface area contributed by atoms with Crippen LogP contribution in [0.4, 0.5) is 4.79 Å². The number of hydrogen-bond donors (Lipinski definition) is 4. The highest BCUT2D eigenvalue weighted by molar-refractivity contribution is 5.87. The summed E-state index contributed by atoms with van der Waals surface area (Å²) >= 11 is 0. The molecule has 0 aromatic rings. The zero-order valence-corrected chi connectivity index (χ0v) is 11.2. The van der Waals surface area contributed by atoms with Crippen LogP contribution < -0.4 is 16.4 Å². The fraction of sp³-hybridized carbons (Fsp3) is 0.636. The summed E-state index contributed by atoms with van der Waals surface area (Å²) in [6.45, 7) is 2.15. The molecule has 0 bridgehead atoms. The molecule has 0 radical (unpaired) electrons. The zero-order valence-electron chi connectivity index (χ0n) is 11.2. The lowest BCUT2D eigenvalue weighted by Gasteiger charge is -2.13. The molecule has 0 aliphatic carbocycles. The van der Waals surface area contributed by atoms with Gasteiger partial charge in [0, 0.05) is 13.0 Å². The first-order valence-electron chi connectivity index (χ1n) is 6.07. The quantitative estimate of drug-likeness (QED) is 0.314. The van der Waals surface area contributed by atoms with Crippen molar-refractivity contribution in [2.75, 3.05) is 13.2 Å². The number of aliphatic carboxylic acids is 1. The fourth-order valence-electron chi connectivity index (χ4n) is 1.28. The van der Waals surface area contributed by atoms with Gasteiger partial charge in [-0.2, -0.15) is 0 Å². The van der Waals surface area contributed by atoms with Crippen molar-refractivity contribution in [2.24, 2.45) is 5.73 Å². The smallest absolute Gasteiger partial charge is 0.326 e. The van der Waals surface area contributed by atoms with Crippen LogP contribution in [0.25, 0.3) is 0 Å². The average Bonchev–Trinajstić information content (AvgIpc) is 2.33. The summed E-state index contributed by atoms with van der Waals surface area (Å²) < 4.78 is 4.69.